The molecule has 0 saturated carbocycles. The van der Waals surface area contributed by atoms with E-state index in [9.17, 15) is 0 Å². The number of piperidine rings is 1. The van der Waals surface area contributed by atoms with Gasteiger partial charge in [-0.05, 0) is 30.2 Å². The highest BCUT2D eigenvalue weighted by Gasteiger charge is 2.39. The number of aromatic nitrogens is 1. The van der Waals surface area contributed by atoms with Crippen molar-refractivity contribution in [2.75, 3.05) is 33.4 Å². The van der Waals surface area contributed by atoms with Gasteiger partial charge in [-0.15, -0.1) is 0 Å². The number of methoxy groups -OCH3 is 1. The summed E-state index contributed by atoms with van der Waals surface area (Å²) >= 11 is 0. The molecule has 0 atom stereocenters. The number of hydrogen-bond acceptors (Lipinski definition) is 4. The molecular formula is C25H38N2O3. The Morgan fingerprint density at radius 2 is 1.73 bits per heavy atom. The van der Waals surface area contributed by atoms with Crippen LogP contribution in [0.1, 0.15) is 63.9 Å². The van der Waals surface area contributed by atoms with E-state index < -0.39 is 0 Å². The van der Waals surface area contributed by atoms with Crippen LogP contribution in [0.25, 0.3) is 10.9 Å². The molecule has 1 spiro atoms. The van der Waals surface area contributed by atoms with Crippen molar-refractivity contribution in [3.8, 4) is 5.75 Å². The van der Waals surface area contributed by atoms with E-state index in [1.54, 1.807) is 7.11 Å². The molecule has 5 nitrogen and oxygen atoms in total. The fourth-order valence-electron chi connectivity index (χ4n) is 4.93. The molecule has 2 aliphatic heterocycles. The Bertz CT molecular complexity index is 800. The predicted molar refractivity (Wildman–Crippen MR) is 121 cm³/mol. The molecule has 0 bridgehead atoms. The summed E-state index contributed by atoms with van der Waals surface area (Å²) in [6, 6.07) is 6.51. The van der Waals surface area contributed by atoms with Gasteiger partial charge < -0.3 is 18.8 Å². The Morgan fingerprint density at radius 1 is 1.00 bits per heavy atom. The predicted octanol–water partition coefficient (Wildman–Crippen LogP) is 5.35. The maximum Gasteiger partial charge on any atom is 0.170 e. The molecule has 166 valence electrons. The molecule has 1 aromatic heterocycles. The zero-order chi connectivity index (χ0) is 20.8. The average Bonchev–Trinajstić information content (AvgIpc) is 3.37. The maximum absolute atomic E-state index is 5.89. The minimum absolute atomic E-state index is 0.300. The van der Waals surface area contributed by atoms with Gasteiger partial charge in [0.2, 0.25) is 0 Å². The largest absolute Gasteiger partial charge is 0.497 e. The average molecular weight is 415 g/mol. The second kappa shape index (κ2) is 10.2. The molecule has 0 unspecified atom stereocenters. The molecular weight excluding hydrogens is 376 g/mol. The molecule has 0 radical (unpaired) electrons. The summed E-state index contributed by atoms with van der Waals surface area (Å²) in [5, 5.41) is 1.33. The minimum Gasteiger partial charge on any atom is -0.497 e. The maximum atomic E-state index is 5.89. The van der Waals surface area contributed by atoms with Gasteiger partial charge in [0.1, 0.15) is 5.75 Å². The SMILES string of the molecule is CCCCCCCCn1cc(CN2CCC3(CC2)OCCO3)c2cc(OC)ccc21. The molecule has 3 heterocycles. The van der Waals surface area contributed by atoms with Gasteiger partial charge in [0.25, 0.3) is 0 Å². The normalized spacial score (nSPS) is 19.1. The first kappa shape index (κ1) is 21.7. The van der Waals surface area contributed by atoms with Crippen molar-refractivity contribution in [2.45, 2.75) is 77.2 Å². The van der Waals surface area contributed by atoms with Gasteiger partial charge in [-0.25, -0.2) is 0 Å². The van der Waals surface area contributed by atoms with Gasteiger partial charge in [-0.3, -0.25) is 4.90 Å². The number of ether oxygens (including phenoxy) is 3. The number of aryl methyl sites for hydroxylation is 1. The van der Waals surface area contributed by atoms with Crippen LogP contribution < -0.4 is 4.74 Å². The smallest absolute Gasteiger partial charge is 0.170 e. The number of rotatable bonds is 10. The van der Waals surface area contributed by atoms with E-state index in [0.29, 0.717) is 0 Å². The van der Waals surface area contributed by atoms with E-state index >= 15 is 0 Å². The molecule has 2 saturated heterocycles. The van der Waals surface area contributed by atoms with E-state index in [1.165, 1.54) is 55.0 Å². The summed E-state index contributed by atoms with van der Waals surface area (Å²) in [7, 11) is 1.75. The molecule has 5 heteroatoms. The molecule has 0 aliphatic carbocycles. The van der Waals surface area contributed by atoms with Crippen LogP contribution in [0.3, 0.4) is 0 Å². The van der Waals surface area contributed by atoms with Crippen molar-refractivity contribution in [3.63, 3.8) is 0 Å². The lowest BCUT2D eigenvalue weighted by molar-refractivity contribution is -0.185. The second-order valence-electron chi connectivity index (χ2n) is 8.88. The van der Waals surface area contributed by atoms with Crippen molar-refractivity contribution < 1.29 is 14.2 Å². The Balaban J connectivity index is 1.42. The second-order valence-corrected chi connectivity index (χ2v) is 8.88. The summed E-state index contributed by atoms with van der Waals surface area (Å²) in [4.78, 5) is 2.54. The first-order chi connectivity index (χ1) is 14.7. The first-order valence-corrected chi connectivity index (χ1v) is 11.9. The van der Waals surface area contributed by atoms with Crippen molar-refractivity contribution >= 4 is 10.9 Å². The number of hydrogen-bond donors (Lipinski definition) is 0. The van der Waals surface area contributed by atoms with Gasteiger partial charge in [-0.2, -0.15) is 0 Å². The van der Waals surface area contributed by atoms with Crippen molar-refractivity contribution in [2.24, 2.45) is 0 Å². The van der Waals surface area contributed by atoms with Gasteiger partial charge >= 0.3 is 0 Å². The van der Waals surface area contributed by atoms with Crippen LogP contribution >= 0.6 is 0 Å². The van der Waals surface area contributed by atoms with Gasteiger partial charge in [-0.1, -0.05) is 39.0 Å². The van der Waals surface area contributed by atoms with Crippen molar-refractivity contribution in [1.82, 2.24) is 9.47 Å². The van der Waals surface area contributed by atoms with E-state index in [-0.39, 0.29) is 5.79 Å². The summed E-state index contributed by atoms with van der Waals surface area (Å²) < 4.78 is 19.8. The quantitative estimate of drug-likeness (QED) is 0.491. The standard InChI is InChI=1S/C25H38N2O3/c1-3-4-5-6-7-8-13-27-20-21(23-18-22(28-2)9-10-24(23)27)19-26-14-11-25(12-15-26)29-16-17-30-25/h9-10,18,20H,3-8,11-17,19H2,1-2H3. The summed E-state index contributed by atoms with van der Waals surface area (Å²) in [5.74, 6) is 0.636. The molecule has 4 rings (SSSR count). The monoisotopic (exact) mass is 414 g/mol. The zero-order valence-corrected chi connectivity index (χ0v) is 18.8. The third kappa shape index (κ3) is 5.01. The highest BCUT2D eigenvalue weighted by atomic mass is 16.7. The molecule has 30 heavy (non-hydrogen) atoms. The highest BCUT2D eigenvalue weighted by Crippen LogP contribution is 2.33. The van der Waals surface area contributed by atoms with Crippen LogP contribution in [0.4, 0.5) is 0 Å². The van der Waals surface area contributed by atoms with E-state index in [1.807, 2.05) is 0 Å². The summed E-state index contributed by atoms with van der Waals surface area (Å²) in [6.45, 7) is 7.88. The Labute approximate surface area is 181 Å². The summed E-state index contributed by atoms with van der Waals surface area (Å²) in [5.41, 5.74) is 2.73. The van der Waals surface area contributed by atoms with E-state index in [4.69, 9.17) is 14.2 Å². The van der Waals surface area contributed by atoms with Crippen molar-refractivity contribution in [1.29, 1.82) is 0 Å². The van der Waals surface area contributed by atoms with Gasteiger partial charge in [0.15, 0.2) is 5.79 Å². The number of nitrogens with zero attached hydrogens (tertiary/aromatic N) is 2. The van der Waals surface area contributed by atoms with E-state index in [2.05, 4.69) is 40.8 Å². The van der Waals surface area contributed by atoms with Crippen LogP contribution in [0.15, 0.2) is 24.4 Å². The van der Waals surface area contributed by atoms with Gasteiger partial charge in [0, 0.05) is 56.1 Å². The molecule has 2 fully saturated rings. The minimum atomic E-state index is -0.300. The van der Waals surface area contributed by atoms with Crippen LogP contribution in [0.5, 0.6) is 5.75 Å². The number of unbranched alkanes of at least 4 members (excludes halogenated alkanes) is 5. The third-order valence-corrected chi connectivity index (χ3v) is 6.75. The fourth-order valence-corrected chi connectivity index (χ4v) is 4.93. The Kier molecular flexibility index (Phi) is 7.34. The third-order valence-electron chi connectivity index (χ3n) is 6.75. The van der Waals surface area contributed by atoms with Crippen molar-refractivity contribution in [3.05, 3.63) is 30.0 Å². The Morgan fingerprint density at radius 3 is 2.47 bits per heavy atom. The Hall–Kier alpha value is -1.56. The molecule has 1 aromatic carbocycles. The molecule has 2 aliphatic rings. The van der Waals surface area contributed by atoms with Crippen LogP contribution in [-0.2, 0) is 22.6 Å². The van der Waals surface area contributed by atoms with Gasteiger partial charge in [0.05, 0.1) is 20.3 Å². The number of likely N-dealkylation sites (tertiary alicyclic amines) is 1. The van der Waals surface area contributed by atoms with Crippen LogP contribution in [0.2, 0.25) is 0 Å². The lowest BCUT2D eigenvalue weighted by Crippen LogP contribution is -2.44. The lowest BCUT2D eigenvalue weighted by atomic mass is 10.0. The molecule has 0 N–H and O–H groups in total. The highest BCUT2D eigenvalue weighted by molar-refractivity contribution is 5.85. The topological polar surface area (TPSA) is 35.9 Å². The molecule has 2 aromatic rings. The lowest BCUT2D eigenvalue weighted by Gasteiger charge is -2.37. The summed E-state index contributed by atoms with van der Waals surface area (Å²) in [6.07, 6.45) is 12.3. The van der Waals surface area contributed by atoms with Crippen LogP contribution in [-0.4, -0.2) is 48.7 Å². The molecule has 0 amide bonds. The zero-order valence-electron chi connectivity index (χ0n) is 18.8. The fraction of sp³-hybridized carbons (Fsp3) is 0.680. The first-order valence-electron chi connectivity index (χ1n) is 11.9. The number of fused-ring (bicyclic) bond motifs is 1. The van der Waals surface area contributed by atoms with E-state index in [0.717, 1.165) is 58.0 Å². The number of benzene rings is 1. The van der Waals surface area contributed by atoms with Crippen LogP contribution in [0, 0.1) is 0 Å².